The zero-order chi connectivity index (χ0) is 8.31. The van der Waals surface area contributed by atoms with Crippen LogP contribution < -0.4 is 0 Å². The number of aliphatic carboxylic acids is 2. The van der Waals surface area contributed by atoms with E-state index in [9.17, 15) is 9.59 Å². The van der Waals surface area contributed by atoms with Gasteiger partial charge in [-0.25, -0.2) is 9.59 Å². The van der Waals surface area contributed by atoms with E-state index in [1.165, 1.54) is 0 Å². The van der Waals surface area contributed by atoms with Gasteiger partial charge in [0.15, 0.2) is 12.2 Å². The summed E-state index contributed by atoms with van der Waals surface area (Å²) in [7, 11) is 0. The SMILES string of the molecule is O.O.O=C(O)[C@@H](O)[C@H](O)C(=O)O. The lowest BCUT2D eigenvalue weighted by atomic mass is 10.2. The average molecular weight is 186 g/mol. The van der Waals surface area contributed by atoms with Gasteiger partial charge in [0.2, 0.25) is 0 Å². The number of carboxylic acids is 2. The van der Waals surface area contributed by atoms with Gasteiger partial charge in [-0.2, -0.15) is 0 Å². The molecule has 0 spiro atoms. The Kier molecular flexibility index (Phi) is 9.21. The Morgan fingerprint density at radius 3 is 1.08 bits per heavy atom. The van der Waals surface area contributed by atoms with Gasteiger partial charge in [0.25, 0.3) is 0 Å². The molecule has 0 amide bonds. The molecule has 0 radical (unpaired) electrons. The van der Waals surface area contributed by atoms with E-state index < -0.39 is 24.1 Å². The lowest BCUT2D eigenvalue weighted by Gasteiger charge is -2.07. The first kappa shape index (κ1) is 17.0. The fraction of sp³-hybridized carbons (Fsp3) is 0.500. The second-order valence-electron chi connectivity index (χ2n) is 1.57. The predicted octanol–water partition coefficient (Wildman–Crippen LogP) is -3.77. The van der Waals surface area contributed by atoms with Crippen molar-refractivity contribution in [2.24, 2.45) is 0 Å². The van der Waals surface area contributed by atoms with E-state index in [0.29, 0.717) is 0 Å². The lowest BCUT2D eigenvalue weighted by Crippen LogP contribution is -2.39. The molecule has 8 N–H and O–H groups in total. The molecule has 0 bridgehead atoms. The van der Waals surface area contributed by atoms with Crippen LogP contribution in [0.4, 0.5) is 0 Å². The van der Waals surface area contributed by atoms with Crippen LogP contribution in [0.3, 0.4) is 0 Å². The number of aliphatic hydroxyl groups is 2. The molecule has 0 aliphatic heterocycles. The van der Waals surface area contributed by atoms with Crippen molar-refractivity contribution >= 4 is 11.9 Å². The number of rotatable bonds is 3. The first-order valence-corrected chi connectivity index (χ1v) is 2.28. The minimum absolute atomic E-state index is 0. The fourth-order valence-corrected chi connectivity index (χ4v) is 0.270. The topological polar surface area (TPSA) is 178 Å². The van der Waals surface area contributed by atoms with Crippen molar-refractivity contribution in [2.75, 3.05) is 0 Å². The van der Waals surface area contributed by atoms with E-state index in [-0.39, 0.29) is 11.0 Å². The van der Waals surface area contributed by atoms with Crippen molar-refractivity contribution in [1.29, 1.82) is 0 Å². The normalized spacial score (nSPS) is 13.2. The van der Waals surface area contributed by atoms with Gasteiger partial charge in [-0.3, -0.25) is 0 Å². The first-order valence-electron chi connectivity index (χ1n) is 2.28. The zero-order valence-electron chi connectivity index (χ0n) is 5.76. The Labute approximate surface area is 66.3 Å². The molecule has 74 valence electrons. The summed E-state index contributed by atoms with van der Waals surface area (Å²) in [4.78, 5) is 19.5. The maximum Gasteiger partial charge on any atom is 0.335 e. The Hall–Kier alpha value is -1.22. The summed E-state index contributed by atoms with van der Waals surface area (Å²) in [6, 6.07) is 0. The fourth-order valence-electron chi connectivity index (χ4n) is 0.270. The predicted molar refractivity (Wildman–Crippen MR) is 34.5 cm³/mol. The lowest BCUT2D eigenvalue weighted by molar-refractivity contribution is -0.165. The van der Waals surface area contributed by atoms with Crippen LogP contribution in [0.5, 0.6) is 0 Å². The molecule has 0 saturated heterocycles. The molecule has 0 aromatic rings. The van der Waals surface area contributed by atoms with Crippen molar-refractivity contribution < 1.29 is 41.0 Å². The number of aliphatic hydroxyl groups excluding tert-OH is 2. The molecule has 0 aromatic carbocycles. The third kappa shape index (κ3) is 4.57. The van der Waals surface area contributed by atoms with Gasteiger partial charge in [0.1, 0.15) is 0 Å². The summed E-state index contributed by atoms with van der Waals surface area (Å²) in [5.74, 6) is -3.54. The van der Waals surface area contributed by atoms with Gasteiger partial charge in [-0.1, -0.05) is 0 Å². The maximum absolute atomic E-state index is 9.77. The molecule has 0 aromatic heterocycles. The second kappa shape index (κ2) is 6.49. The first-order chi connectivity index (χ1) is 4.46. The van der Waals surface area contributed by atoms with Crippen molar-refractivity contribution in [3.8, 4) is 0 Å². The van der Waals surface area contributed by atoms with Crippen LogP contribution in [0, 0.1) is 0 Å². The number of hydrogen-bond donors (Lipinski definition) is 4. The van der Waals surface area contributed by atoms with E-state index in [4.69, 9.17) is 20.4 Å². The minimum atomic E-state index is -2.27. The summed E-state index contributed by atoms with van der Waals surface area (Å²) in [6.45, 7) is 0. The van der Waals surface area contributed by atoms with Gasteiger partial charge in [0, 0.05) is 0 Å². The summed E-state index contributed by atoms with van der Waals surface area (Å²) < 4.78 is 0. The number of hydrogen-bond acceptors (Lipinski definition) is 4. The number of carbonyl (C=O) groups is 2. The van der Waals surface area contributed by atoms with E-state index in [0.717, 1.165) is 0 Å². The summed E-state index contributed by atoms with van der Waals surface area (Å²) in [5.41, 5.74) is 0. The van der Waals surface area contributed by atoms with E-state index in [2.05, 4.69) is 0 Å². The monoisotopic (exact) mass is 186 g/mol. The Morgan fingerprint density at radius 1 is 0.833 bits per heavy atom. The van der Waals surface area contributed by atoms with E-state index >= 15 is 0 Å². The van der Waals surface area contributed by atoms with Gasteiger partial charge >= 0.3 is 11.9 Å². The van der Waals surface area contributed by atoms with Gasteiger partial charge < -0.3 is 31.4 Å². The highest BCUT2D eigenvalue weighted by Gasteiger charge is 2.29. The van der Waals surface area contributed by atoms with Crippen LogP contribution in [-0.4, -0.2) is 55.5 Å². The molecule has 0 aliphatic carbocycles. The third-order valence-electron chi connectivity index (χ3n) is 0.805. The van der Waals surface area contributed by atoms with Crippen LogP contribution in [0.1, 0.15) is 0 Å². The summed E-state index contributed by atoms with van der Waals surface area (Å²) >= 11 is 0. The molecule has 0 heterocycles. The highest BCUT2D eigenvalue weighted by molar-refractivity contribution is 5.82. The molecule has 0 aliphatic rings. The highest BCUT2D eigenvalue weighted by atomic mass is 16.4. The van der Waals surface area contributed by atoms with Crippen molar-refractivity contribution in [3.05, 3.63) is 0 Å². The molecular formula is C4H10O8. The van der Waals surface area contributed by atoms with Gasteiger partial charge in [-0.05, 0) is 0 Å². The Morgan fingerprint density at radius 2 is 1.00 bits per heavy atom. The molecule has 0 unspecified atom stereocenters. The second-order valence-corrected chi connectivity index (χ2v) is 1.57. The van der Waals surface area contributed by atoms with Crippen LogP contribution in [0.25, 0.3) is 0 Å². The van der Waals surface area contributed by atoms with Crippen molar-refractivity contribution in [1.82, 2.24) is 0 Å². The maximum atomic E-state index is 9.77. The standard InChI is InChI=1S/C4H6O6.2H2O/c5-1(3(7)8)2(6)4(9)10;;/h1-2,5-6H,(H,7,8)(H,9,10);2*1H2/t1-,2-;;/m0../s1. The Balaban J connectivity index is -0.000000405. The number of carboxylic acid groups (broad SMARTS) is 2. The third-order valence-corrected chi connectivity index (χ3v) is 0.805. The molecule has 2 atom stereocenters. The largest absolute Gasteiger partial charge is 0.479 e. The average Bonchev–Trinajstić information content (AvgIpc) is 1.84. The smallest absolute Gasteiger partial charge is 0.335 e. The Bertz CT molecular complexity index is 135. The molecule has 0 rings (SSSR count). The van der Waals surface area contributed by atoms with Crippen LogP contribution in [0.15, 0.2) is 0 Å². The van der Waals surface area contributed by atoms with Crippen LogP contribution in [-0.2, 0) is 9.59 Å². The molecule has 8 heteroatoms. The molecule has 12 heavy (non-hydrogen) atoms. The van der Waals surface area contributed by atoms with E-state index in [1.807, 2.05) is 0 Å². The summed E-state index contributed by atoms with van der Waals surface area (Å²) in [5, 5.41) is 32.5. The minimum Gasteiger partial charge on any atom is -0.479 e. The molecular weight excluding hydrogens is 176 g/mol. The quantitative estimate of drug-likeness (QED) is 0.351. The zero-order valence-corrected chi connectivity index (χ0v) is 5.76. The van der Waals surface area contributed by atoms with Crippen LogP contribution >= 0.6 is 0 Å². The molecule has 0 fully saturated rings. The van der Waals surface area contributed by atoms with Gasteiger partial charge in [0.05, 0.1) is 0 Å². The highest BCUT2D eigenvalue weighted by Crippen LogP contribution is 1.92. The van der Waals surface area contributed by atoms with Crippen molar-refractivity contribution in [2.45, 2.75) is 12.2 Å². The summed E-state index contributed by atoms with van der Waals surface area (Å²) in [6.07, 6.45) is -4.53. The molecule has 8 nitrogen and oxygen atoms in total. The van der Waals surface area contributed by atoms with Crippen LogP contribution in [0.2, 0.25) is 0 Å². The molecule has 0 saturated carbocycles. The van der Waals surface area contributed by atoms with Gasteiger partial charge in [-0.15, -0.1) is 0 Å². The van der Waals surface area contributed by atoms with E-state index in [1.54, 1.807) is 0 Å². The van der Waals surface area contributed by atoms with Crippen molar-refractivity contribution in [3.63, 3.8) is 0 Å².